The van der Waals surface area contributed by atoms with Crippen molar-refractivity contribution in [3.05, 3.63) is 47.8 Å². The summed E-state index contributed by atoms with van der Waals surface area (Å²) >= 11 is 0. The number of imidazole rings is 1. The van der Waals surface area contributed by atoms with Gasteiger partial charge in [0, 0.05) is 25.5 Å². The van der Waals surface area contributed by atoms with Crippen LogP contribution in [0.5, 0.6) is 0 Å². The maximum atomic E-state index is 13.7. The fourth-order valence-electron chi connectivity index (χ4n) is 3.01. The molecule has 1 atom stereocenters. The summed E-state index contributed by atoms with van der Waals surface area (Å²) in [7, 11) is 0. The molecular weight excluding hydrogens is 283 g/mol. The lowest BCUT2D eigenvalue weighted by Crippen LogP contribution is -2.36. The zero-order chi connectivity index (χ0) is 15.5. The largest absolute Gasteiger partial charge is 0.385 e. The predicted octanol–water partition coefficient (Wildman–Crippen LogP) is 2.37. The first-order valence-electron chi connectivity index (χ1n) is 7.31. The lowest BCUT2D eigenvalue weighted by atomic mass is 9.90. The lowest BCUT2D eigenvalue weighted by molar-refractivity contribution is 0.0857. The second-order valence-electron chi connectivity index (χ2n) is 5.49. The molecule has 2 heterocycles. The fourth-order valence-corrected chi connectivity index (χ4v) is 3.01. The molecule has 1 aliphatic rings. The minimum absolute atomic E-state index is 0.0903. The quantitative estimate of drug-likeness (QED) is 0.912. The number of rotatable bonds is 3. The molecule has 1 aromatic carbocycles. The van der Waals surface area contributed by atoms with Gasteiger partial charge in [-0.1, -0.05) is 6.07 Å². The van der Waals surface area contributed by atoms with Crippen LogP contribution >= 0.6 is 0 Å². The van der Waals surface area contributed by atoms with Crippen LogP contribution in [0.3, 0.4) is 0 Å². The Balaban J connectivity index is 1.70. The first kappa shape index (κ1) is 14.5. The number of H-pyrrole nitrogens is 1. The first-order chi connectivity index (χ1) is 10.7. The molecule has 1 fully saturated rings. The number of anilines is 1. The van der Waals surface area contributed by atoms with Crippen molar-refractivity contribution in [1.29, 1.82) is 5.26 Å². The van der Waals surface area contributed by atoms with E-state index >= 15 is 0 Å². The number of aliphatic hydroxyl groups excluding tert-OH is 1. The summed E-state index contributed by atoms with van der Waals surface area (Å²) in [5, 5.41) is 19.4. The molecule has 3 rings (SSSR count). The highest BCUT2D eigenvalue weighted by Crippen LogP contribution is 2.32. The summed E-state index contributed by atoms with van der Waals surface area (Å²) in [5.74, 6) is 0.209. The van der Waals surface area contributed by atoms with Crippen molar-refractivity contribution in [2.24, 2.45) is 5.92 Å². The van der Waals surface area contributed by atoms with Crippen molar-refractivity contribution in [2.75, 3.05) is 18.0 Å². The Morgan fingerprint density at radius 3 is 2.82 bits per heavy atom. The highest BCUT2D eigenvalue weighted by atomic mass is 19.1. The summed E-state index contributed by atoms with van der Waals surface area (Å²) < 4.78 is 13.7. The van der Waals surface area contributed by atoms with Crippen molar-refractivity contribution in [2.45, 2.75) is 18.9 Å². The Bertz CT molecular complexity index is 672. The zero-order valence-electron chi connectivity index (χ0n) is 12.0. The Morgan fingerprint density at radius 1 is 1.41 bits per heavy atom. The summed E-state index contributed by atoms with van der Waals surface area (Å²) in [6.07, 6.45) is 4.24. The molecule has 114 valence electrons. The van der Waals surface area contributed by atoms with Crippen LogP contribution in [0.4, 0.5) is 10.1 Å². The van der Waals surface area contributed by atoms with E-state index in [4.69, 9.17) is 5.26 Å². The molecule has 0 aliphatic carbocycles. The van der Waals surface area contributed by atoms with Gasteiger partial charge in [-0.3, -0.25) is 0 Å². The number of aromatic amines is 1. The van der Waals surface area contributed by atoms with Crippen LogP contribution in [-0.2, 0) is 0 Å². The van der Waals surface area contributed by atoms with Crippen molar-refractivity contribution in [1.82, 2.24) is 9.97 Å². The van der Waals surface area contributed by atoms with Crippen LogP contribution in [0.1, 0.15) is 30.3 Å². The Labute approximate surface area is 128 Å². The molecule has 0 bridgehead atoms. The standard InChI is InChI=1S/C16H17FN4O/c17-13-2-1-3-14(12(13)10-18)21-8-4-11(5-9-21)15(22)16-19-6-7-20-16/h1-3,6-7,11,15,22H,4-5,8-9H2,(H,19,20)/t15-/m1/s1. The van der Waals surface area contributed by atoms with Crippen LogP contribution in [0.15, 0.2) is 30.6 Å². The van der Waals surface area contributed by atoms with Gasteiger partial charge < -0.3 is 15.0 Å². The van der Waals surface area contributed by atoms with Crippen LogP contribution in [-0.4, -0.2) is 28.2 Å². The number of aliphatic hydroxyl groups is 1. The van der Waals surface area contributed by atoms with E-state index in [1.165, 1.54) is 6.07 Å². The van der Waals surface area contributed by atoms with Crippen molar-refractivity contribution < 1.29 is 9.50 Å². The van der Waals surface area contributed by atoms with Crippen molar-refractivity contribution in [3.8, 4) is 6.07 Å². The van der Waals surface area contributed by atoms with Crippen molar-refractivity contribution in [3.63, 3.8) is 0 Å². The minimum Gasteiger partial charge on any atom is -0.385 e. The zero-order valence-corrected chi connectivity index (χ0v) is 12.0. The van der Waals surface area contributed by atoms with Gasteiger partial charge in [-0.25, -0.2) is 9.37 Å². The Kier molecular flexibility index (Phi) is 4.07. The van der Waals surface area contributed by atoms with Gasteiger partial charge in [0.2, 0.25) is 0 Å². The smallest absolute Gasteiger partial charge is 0.143 e. The molecule has 0 radical (unpaired) electrons. The van der Waals surface area contributed by atoms with Gasteiger partial charge in [-0.05, 0) is 30.9 Å². The summed E-state index contributed by atoms with van der Waals surface area (Å²) in [5.41, 5.74) is 0.723. The normalized spacial score (nSPS) is 17.2. The molecule has 5 nitrogen and oxygen atoms in total. The molecule has 1 aromatic heterocycles. The molecule has 0 saturated carbocycles. The van der Waals surface area contributed by atoms with E-state index in [0.29, 0.717) is 24.6 Å². The number of benzene rings is 1. The third-order valence-corrected chi connectivity index (χ3v) is 4.23. The average molecular weight is 300 g/mol. The molecule has 0 amide bonds. The maximum absolute atomic E-state index is 13.7. The van der Waals surface area contributed by atoms with Gasteiger partial charge in [0.05, 0.1) is 5.69 Å². The van der Waals surface area contributed by atoms with Gasteiger partial charge in [0.15, 0.2) is 0 Å². The number of aromatic nitrogens is 2. The second-order valence-corrected chi connectivity index (χ2v) is 5.49. The number of piperidine rings is 1. The van der Waals surface area contributed by atoms with E-state index in [2.05, 4.69) is 9.97 Å². The van der Waals surface area contributed by atoms with E-state index in [-0.39, 0.29) is 11.5 Å². The average Bonchev–Trinajstić information content (AvgIpc) is 3.08. The number of halogens is 1. The monoisotopic (exact) mass is 300 g/mol. The highest BCUT2D eigenvalue weighted by Gasteiger charge is 2.28. The lowest BCUT2D eigenvalue weighted by Gasteiger charge is -2.35. The molecule has 2 N–H and O–H groups in total. The van der Waals surface area contributed by atoms with E-state index < -0.39 is 11.9 Å². The van der Waals surface area contributed by atoms with Crippen LogP contribution in [0.25, 0.3) is 0 Å². The van der Waals surface area contributed by atoms with E-state index in [1.54, 1.807) is 24.5 Å². The molecule has 22 heavy (non-hydrogen) atoms. The summed E-state index contributed by atoms with van der Waals surface area (Å²) in [4.78, 5) is 9.04. The minimum atomic E-state index is -0.611. The number of nitrogens with one attached hydrogen (secondary N) is 1. The first-order valence-corrected chi connectivity index (χ1v) is 7.31. The van der Waals surface area contributed by atoms with E-state index in [0.717, 1.165) is 12.8 Å². The van der Waals surface area contributed by atoms with E-state index in [9.17, 15) is 9.50 Å². The molecule has 1 aliphatic heterocycles. The topological polar surface area (TPSA) is 75.9 Å². The maximum Gasteiger partial charge on any atom is 0.143 e. The van der Waals surface area contributed by atoms with Crippen LogP contribution < -0.4 is 4.90 Å². The molecular formula is C16H17FN4O. The molecule has 0 unspecified atom stereocenters. The Hall–Kier alpha value is -2.39. The van der Waals surface area contributed by atoms with Gasteiger partial charge in [0.25, 0.3) is 0 Å². The van der Waals surface area contributed by atoms with Gasteiger partial charge in [-0.15, -0.1) is 0 Å². The van der Waals surface area contributed by atoms with Gasteiger partial charge in [-0.2, -0.15) is 5.26 Å². The number of nitriles is 1. The van der Waals surface area contributed by atoms with Crippen LogP contribution in [0.2, 0.25) is 0 Å². The van der Waals surface area contributed by atoms with Gasteiger partial charge >= 0.3 is 0 Å². The second kappa shape index (κ2) is 6.16. The number of nitrogens with zero attached hydrogens (tertiary/aromatic N) is 3. The third kappa shape index (κ3) is 2.68. The third-order valence-electron chi connectivity index (χ3n) is 4.23. The summed E-state index contributed by atoms with van der Waals surface area (Å²) in [6.45, 7) is 1.36. The van der Waals surface area contributed by atoms with Crippen LogP contribution in [0, 0.1) is 23.1 Å². The molecule has 1 saturated heterocycles. The number of hydrogen-bond donors (Lipinski definition) is 2. The Morgan fingerprint density at radius 2 is 2.18 bits per heavy atom. The van der Waals surface area contributed by atoms with Crippen molar-refractivity contribution >= 4 is 5.69 Å². The van der Waals surface area contributed by atoms with E-state index in [1.807, 2.05) is 11.0 Å². The molecule has 2 aromatic rings. The fraction of sp³-hybridized carbons (Fsp3) is 0.375. The van der Waals surface area contributed by atoms with Gasteiger partial charge in [0.1, 0.15) is 29.4 Å². The SMILES string of the molecule is N#Cc1c(F)cccc1N1CCC([C@@H](O)c2ncc[nH]2)CC1. The highest BCUT2D eigenvalue weighted by molar-refractivity contribution is 5.60. The summed E-state index contributed by atoms with van der Waals surface area (Å²) in [6, 6.07) is 6.63. The number of hydrogen-bond acceptors (Lipinski definition) is 4. The molecule has 0 spiro atoms. The predicted molar refractivity (Wildman–Crippen MR) is 79.6 cm³/mol. The molecule has 6 heteroatoms.